The van der Waals surface area contributed by atoms with Gasteiger partial charge in [0.2, 0.25) is 11.8 Å². The molecule has 0 bridgehead atoms. The van der Waals surface area contributed by atoms with E-state index in [2.05, 4.69) is 54.9 Å². The zero-order valence-corrected chi connectivity index (χ0v) is 29.5. The fourth-order valence-corrected chi connectivity index (χ4v) is 4.99. The summed E-state index contributed by atoms with van der Waals surface area (Å²) >= 11 is 0. The Morgan fingerprint density at radius 1 is 0.660 bits per heavy atom. The van der Waals surface area contributed by atoms with Crippen LogP contribution < -0.4 is 10.6 Å². The van der Waals surface area contributed by atoms with E-state index >= 15 is 0 Å². The Morgan fingerprint density at radius 3 is 1.85 bits per heavy atom. The van der Waals surface area contributed by atoms with Gasteiger partial charge in [0.1, 0.15) is 12.1 Å². The maximum atomic E-state index is 12.6. The molecule has 0 heterocycles. The standard InChI is InChI=1S/C38H66N2O7/c1-3-5-7-9-11-13-14-15-16-19-23-27-33(47-37(44)30-26-22-17-12-10-8-6-4-2)28-24-20-18-21-25-29-35(42)39-31-36(43)40-34(32-41)38(45)46/h11,13,15-16,23,27,33-34,41H,3-10,12,14,17-22,24-26,28-32H2,1-2H3,(H,39,42)(H,40,43)(H,45,46)/b13-11-,16-15-,27-23-. The number of allylic oxidation sites excluding steroid dienone is 5. The molecule has 0 saturated heterocycles. The molecule has 0 fully saturated rings. The van der Waals surface area contributed by atoms with Crippen LogP contribution in [0.2, 0.25) is 0 Å². The molecule has 0 aromatic heterocycles. The molecular weight excluding hydrogens is 596 g/mol. The molecular formula is C38H66N2O7. The van der Waals surface area contributed by atoms with Crippen LogP contribution in [0.15, 0.2) is 36.5 Å². The van der Waals surface area contributed by atoms with Crippen molar-refractivity contribution in [3.05, 3.63) is 36.5 Å². The monoisotopic (exact) mass is 662 g/mol. The molecule has 0 aromatic rings. The number of hydrogen-bond donors (Lipinski definition) is 4. The number of esters is 1. The molecule has 4 N–H and O–H groups in total. The smallest absolute Gasteiger partial charge is 0.328 e. The van der Waals surface area contributed by atoms with Crippen molar-refractivity contribution < 1.29 is 34.1 Å². The predicted molar refractivity (Wildman–Crippen MR) is 190 cm³/mol. The number of carboxylic acids is 1. The van der Waals surface area contributed by atoms with Gasteiger partial charge in [0.15, 0.2) is 0 Å². The Morgan fingerprint density at radius 2 is 1.21 bits per heavy atom. The SMILES string of the molecule is CCCCC/C=C\C/C=C\C/C=C\C(CCCCCCCC(=O)NCC(=O)NC(CO)C(=O)O)OC(=O)CCCCCCCCCC. The van der Waals surface area contributed by atoms with E-state index in [1.165, 1.54) is 57.8 Å². The van der Waals surface area contributed by atoms with Gasteiger partial charge in [-0.1, -0.05) is 121 Å². The molecule has 0 aliphatic rings. The van der Waals surface area contributed by atoms with Crippen molar-refractivity contribution in [3.8, 4) is 0 Å². The van der Waals surface area contributed by atoms with Crippen LogP contribution in [-0.2, 0) is 23.9 Å². The maximum Gasteiger partial charge on any atom is 0.328 e. The Labute approximate surface area is 285 Å². The van der Waals surface area contributed by atoms with Gasteiger partial charge in [-0.25, -0.2) is 4.79 Å². The number of rotatable bonds is 32. The highest BCUT2D eigenvalue weighted by Crippen LogP contribution is 2.15. The van der Waals surface area contributed by atoms with Crippen LogP contribution in [0.4, 0.5) is 0 Å². The minimum absolute atomic E-state index is 0.121. The van der Waals surface area contributed by atoms with E-state index in [4.69, 9.17) is 14.9 Å². The summed E-state index contributed by atoms with van der Waals surface area (Å²) in [6, 6.07) is -1.39. The van der Waals surface area contributed by atoms with Crippen LogP contribution in [0.1, 0.15) is 155 Å². The summed E-state index contributed by atoms with van der Waals surface area (Å²) in [6.45, 7) is 3.39. The van der Waals surface area contributed by atoms with E-state index in [0.717, 1.165) is 64.2 Å². The van der Waals surface area contributed by atoms with Gasteiger partial charge in [0.05, 0.1) is 13.2 Å². The molecule has 270 valence electrons. The molecule has 2 atom stereocenters. The number of ether oxygens (including phenoxy) is 1. The van der Waals surface area contributed by atoms with Gasteiger partial charge in [-0.05, 0) is 57.4 Å². The summed E-state index contributed by atoms with van der Waals surface area (Å²) in [6.07, 6.45) is 34.7. The van der Waals surface area contributed by atoms with E-state index in [1.54, 1.807) is 0 Å². The highest BCUT2D eigenvalue weighted by Gasteiger charge is 2.18. The Hall–Kier alpha value is -2.94. The molecule has 2 unspecified atom stereocenters. The first-order valence-corrected chi connectivity index (χ1v) is 18.4. The normalized spacial score (nSPS) is 12.9. The van der Waals surface area contributed by atoms with Gasteiger partial charge in [0, 0.05) is 12.8 Å². The number of aliphatic hydroxyl groups excluding tert-OH is 1. The van der Waals surface area contributed by atoms with Crippen LogP contribution in [0.25, 0.3) is 0 Å². The summed E-state index contributed by atoms with van der Waals surface area (Å²) in [4.78, 5) is 47.2. The van der Waals surface area contributed by atoms with Crippen molar-refractivity contribution in [1.82, 2.24) is 10.6 Å². The topological polar surface area (TPSA) is 142 Å². The second kappa shape index (κ2) is 33.0. The third-order valence-corrected chi connectivity index (χ3v) is 7.87. The summed E-state index contributed by atoms with van der Waals surface area (Å²) < 4.78 is 5.86. The first kappa shape index (κ1) is 44.1. The highest BCUT2D eigenvalue weighted by molar-refractivity contribution is 5.87. The quantitative estimate of drug-likeness (QED) is 0.0326. The molecule has 0 aliphatic heterocycles. The second-order valence-corrected chi connectivity index (χ2v) is 12.3. The molecule has 0 rings (SSSR count). The lowest BCUT2D eigenvalue weighted by Gasteiger charge is -2.15. The van der Waals surface area contributed by atoms with Crippen LogP contribution in [0, 0.1) is 0 Å². The number of amides is 2. The van der Waals surface area contributed by atoms with Crippen molar-refractivity contribution in [2.45, 2.75) is 167 Å². The van der Waals surface area contributed by atoms with E-state index in [-0.39, 0.29) is 30.9 Å². The zero-order chi connectivity index (χ0) is 34.8. The number of aliphatic hydroxyl groups is 1. The molecule has 2 amide bonds. The fraction of sp³-hybridized carbons (Fsp3) is 0.737. The maximum absolute atomic E-state index is 12.6. The average Bonchev–Trinajstić information content (AvgIpc) is 3.05. The van der Waals surface area contributed by atoms with E-state index in [0.29, 0.717) is 12.8 Å². The number of aliphatic carboxylic acids is 1. The number of hydrogen-bond acceptors (Lipinski definition) is 6. The number of nitrogens with one attached hydrogen (secondary N) is 2. The lowest BCUT2D eigenvalue weighted by atomic mass is 10.1. The highest BCUT2D eigenvalue weighted by atomic mass is 16.5. The summed E-state index contributed by atoms with van der Waals surface area (Å²) in [5.41, 5.74) is 0. The molecule has 9 heteroatoms. The van der Waals surface area contributed by atoms with Crippen LogP contribution in [0.5, 0.6) is 0 Å². The molecule has 0 aliphatic carbocycles. The fourth-order valence-electron chi connectivity index (χ4n) is 4.99. The van der Waals surface area contributed by atoms with Crippen molar-refractivity contribution in [2.75, 3.05) is 13.2 Å². The van der Waals surface area contributed by atoms with Crippen LogP contribution >= 0.6 is 0 Å². The van der Waals surface area contributed by atoms with E-state index in [9.17, 15) is 19.2 Å². The minimum atomic E-state index is -1.39. The van der Waals surface area contributed by atoms with Gasteiger partial charge in [-0.2, -0.15) is 0 Å². The van der Waals surface area contributed by atoms with E-state index in [1.807, 2.05) is 6.08 Å². The number of unbranched alkanes of at least 4 members (excludes halogenated alkanes) is 14. The van der Waals surface area contributed by atoms with Crippen molar-refractivity contribution in [2.24, 2.45) is 0 Å². The first-order valence-electron chi connectivity index (χ1n) is 18.4. The van der Waals surface area contributed by atoms with Crippen molar-refractivity contribution in [3.63, 3.8) is 0 Å². The predicted octanol–water partition coefficient (Wildman–Crippen LogP) is 7.87. The molecule has 0 aromatic carbocycles. The van der Waals surface area contributed by atoms with E-state index < -0.39 is 24.5 Å². The zero-order valence-electron chi connectivity index (χ0n) is 29.5. The molecule has 47 heavy (non-hydrogen) atoms. The first-order chi connectivity index (χ1) is 22.8. The van der Waals surface area contributed by atoms with Gasteiger partial charge in [-0.15, -0.1) is 0 Å². The number of carbonyl (C=O) groups is 4. The summed E-state index contributed by atoms with van der Waals surface area (Å²) in [7, 11) is 0. The van der Waals surface area contributed by atoms with Crippen molar-refractivity contribution >= 4 is 23.8 Å². The molecule has 0 radical (unpaired) electrons. The Balaban J connectivity index is 4.43. The average molecular weight is 663 g/mol. The molecule has 0 spiro atoms. The van der Waals surface area contributed by atoms with Crippen LogP contribution in [0.3, 0.4) is 0 Å². The molecule has 0 saturated carbocycles. The minimum Gasteiger partial charge on any atom is -0.480 e. The number of carbonyl (C=O) groups excluding carboxylic acids is 3. The van der Waals surface area contributed by atoms with Crippen molar-refractivity contribution in [1.29, 1.82) is 0 Å². The summed E-state index contributed by atoms with van der Waals surface area (Å²) in [5, 5.41) is 22.4. The van der Waals surface area contributed by atoms with Crippen LogP contribution in [-0.4, -0.2) is 59.3 Å². The van der Waals surface area contributed by atoms with Gasteiger partial charge < -0.3 is 25.6 Å². The number of carboxylic acid groups (broad SMARTS) is 1. The Bertz CT molecular complexity index is 900. The Kier molecular flexibility index (Phi) is 30.9. The lowest BCUT2D eigenvalue weighted by molar-refractivity contribution is -0.147. The largest absolute Gasteiger partial charge is 0.480 e. The molecule has 9 nitrogen and oxygen atoms in total. The lowest BCUT2D eigenvalue weighted by Crippen LogP contribution is -2.47. The second-order valence-electron chi connectivity index (χ2n) is 12.3. The third-order valence-electron chi connectivity index (χ3n) is 7.87. The van der Waals surface area contributed by atoms with Gasteiger partial charge >= 0.3 is 11.9 Å². The third kappa shape index (κ3) is 30.2. The van der Waals surface area contributed by atoms with Gasteiger partial charge in [0.25, 0.3) is 0 Å². The van der Waals surface area contributed by atoms with Gasteiger partial charge in [-0.3, -0.25) is 14.4 Å². The summed E-state index contributed by atoms with van der Waals surface area (Å²) in [5.74, 6) is -2.40.